The van der Waals surface area contributed by atoms with Crippen LogP contribution in [0.5, 0.6) is 0 Å². The summed E-state index contributed by atoms with van der Waals surface area (Å²) in [6, 6.07) is 0. The quantitative estimate of drug-likeness (QED) is 0.380. The Kier molecular flexibility index (Phi) is 6.89. The van der Waals surface area contributed by atoms with E-state index in [-0.39, 0.29) is 25.9 Å². The van der Waals surface area contributed by atoms with E-state index in [1.165, 1.54) is 6.92 Å². The van der Waals surface area contributed by atoms with Crippen LogP contribution in [0, 0.1) is 28.6 Å². The number of thioether (sulfide) groups is 1. The highest BCUT2D eigenvalue weighted by molar-refractivity contribution is 8.14. The maximum absolute atomic E-state index is 17.5. The van der Waals surface area contributed by atoms with E-state index in [9.17, 15) is 28.7 Å². The maximum atomic E-state index is 17.5. The lowest BCUT2D eigenvalue weighted by molar-refractivity contribution is -0.232. The average molecular weight is 589 g/mol. The maximum Gasteiger partial charge on any atom is 0.319 e. The second kappa shape index (κ2) is 9.40. The summed E-state index contributed by atoms with van der Waals surface area (Å²) < 4.78 is 74.3. The van der Waals surface area contributed by atoms with Crippen LogP contribution in [0.3, 0.4) is 0 Å². The standard InChI is InChI=1S/C28H32F4O7S/c1-5-20(35)39-28(24(37)40-18-6-7-38-23(18)36)12(2)8-13-14-9-16(29)15-10-17(33)21(30)22(31)26(15,4)27(14,32)19(34)11-25(13,28)3/h10,12-14,16,18-19,34H,5-9,11H2,1-4H3/t12-,13+,14+,16+,18+,19+,25+,26-,27+,28+/m1/s1. The first-order valence-corrected chi connectivity index (χ1v) is 14.4. The number of hydrogen-bond acceptors (Lipinski definition) is 8. The number of ketones is 1. The van der Waals surface area contributed by atoms with Crippen molar-refractivity contribution in [2.24, 2.45) is 28.6 Å². The number of carbonyl (C=O) groups is 4. The summed E-state index contributed by atoms with van der Waals surface area (Å²) in [6.07, 6.45) is -4.36. The van der Waals surface area contributed by atoms with E-state index in [0.29, 0.717) is 17.8 Å². The van der Waals surface area contributed by atoms with Gasteiger partial charge in [-0.3, -0.25) is 19.2 Å². The molecule has 0 bridgehead atoms. The molecule has 10 atom stereocenters. The van der Waals surface area contributed by atoms with Crippen LogP contribution in [0.25, 0.3) is 0 Å². The Balaban J connectivity index is 1.64. The summed E-state index contributed by atoms with van der Waals surface area (Å²) in [7, 11) is 0. The lowest BCUT2D eigenvalue weighted by atomic mass is 9.44. The molecule has 40 heavy (non-hydrogen) atoms. The normalized spacial score (nSPS) is 46.3. The van der Waals surface area contributed by atoms with Crippen molar-refractivity contribution in [1.29, 1.82) is 0 Å². The molecule has 5 rings (SSSR count). The molecular formula is C28H32F4O7S. The van der Waals surface area contributed by atoms with Crippen LogP contribution in [0.1, 0.15) is 59.8 Å². The minimum Gasteiger partial charge on any atom is -0.465 e. The molecule has 0 aromatic carbocycles. The summed E-state index contributed by atoms with van der Waals surface area (Å²) in [5.74, 6) is -9.42. The molecule has 7 nitrogen and oxygen atoms in total. The number of fused-ring (bicyclic) bond motifs is 5. The number of cyclic esters (lactones) is 1. The minimum absolute atomic E-state index is 0.0482. The number of allylic oxidation sites excluding steroid dienone is 4. The van der Waals surface area contributed by atoms with Crippen LogP contribution in [0.2, 0.25) is 0 Å². The summed E-state index contributed by atoms with van der Waals surface area (Å²) in [6.45, 7) is 5.81. The predicted octanol–water partition coefficient (Wildman–Crippen LogP) is 4.41. The zero-order valence-electron chi connectivity index (χ0n) is 22.6. The van der Waals surface area contributed by atoms with Crippen molar-refractivity contribution < 1.29 is 51.3 Å². The number of esters is 2. The van der Waals surface area contributed by atoms with Crippen molar-refractivity contribution in [3.05, 3.63) is 23.3 Å². The fraction of sp³-hybridized carbons (Fsp3) is 0.714. The van der Waals surface area contributed by atoms with Gasteiger partial charge in [0.25, 0.3) is 0 Å². The van der Waals surface area contributed by atoms with Gasteiger partial charge in [0.1, 0.15) is 11.4 Å². The van der Waals surface area contributed by atoms with E-state index in [0.717, 1.165) is 6.92 Å². The first-order chi connectivity index (χ1) is 18.6. The second-order valence-electron chi connectivity index (χ2n) is 12.1. The van der Waals surface area contributed by atoms with Gasteiger partial charge < -0.3 is 14.6 Å². The van der Waals surface area contributed by atoms with E-state index in [4.69, 9.17) is 9.47 Å². The highest BCUT2D eigenvalue weighted by Gasteiger charge is 2.79. The van der Waals surface area contributed by atoms with Gasteiger partial charge in [0, 0.05) is 30.1 Å². The van der Waals surface area contributed by atoms with Gasteiger partial charge >= 0.3 is 11.9 Å². The fourth-order valence-corrected chi connectivity index (χ4v) is 9.67. The topological polar surface area (TPSA) is 107 Å². The van der Waals surface area contributed by atoms with E-state index < -0.39 is 110 Å². The lowest BCUT2D eigenvalue weighted by Crippen LogP contribution is -2.71. The van der Waals surface area contributed by atoms with Crippen LogP contribution in [-0.4, -0.2) is 63.3 Å². The molecule has 1 N–H and O–H groups in total. The van der Waals surface area contributed by atoms with E-state index in [1.54, 1.807) is 13.8 Å². The highest BCUT2D eigenvalue weighted by Crippen LogP contribution is 2.73. The largest absolute Gasteiger partial charge is 0.465 e. The average Bonchev–Trinajstić information content (AvgIpc) is 3.39. The third kappa shape index (κ3) is 3.47. The summed E-state index contributed by atoms with van der Waals surface area (Å²) in [5, 5.41) is 10.0. The fourth-order valence-electron chi connectivity index (χ4n) is 8.38. The van der Waals surface area contributed by atoms with Crippen molar-refractivity contribution >= 4 is 34.6 Å². The van der Waals surface area contributed by atoms with Crippen LogP contribution < -0.4 is 0 Å². The van der Waals surface area contributed by atoms with Gasteiger partial charge in [0.15, 0.2) is 17.1 Å². The molecule has 0 amide bonds. The zero-order chi connectivity index (χ0) is 29.6. The Hall–Kier alpha value is -2.21. The monoisotopic (exact) mass is 588 g/mol. The van der Waals surface area contributed by atoms with Crippen molar-refractivity contribution in [1.82, 2.24) is 0 Å². The van der Waals surface area contributed by atoms with E-state index >= 15 is 13.2 Å². The molecule has 0 unspecified atom stereocenters. The number of aliphatic hydroxyl groups excluding tert-OH is 1. The molecule has 5 aliphatic rings. The van der Waals surface area contributed by atoms with Crippen LogP contribution in [-0.2, 0) is 28.7 Å². The van der Waals surface area contributed by atoms with Gasteiger partial charge in [-0.2, -0.15) is 4.39 Å². The summed E-state index contributed by atoms with van der Waals surface area (Å²) >= 11 is 0.667. The Labute approximate surface area is 233 Å². The Morgan fingerprint density at radius 2 is 1.88 bits per heavy atom. The van der Waals surface area contributed by atoms with Crippen molar-refractivity contribution in [2.45, 2.75) is 88.6 Å². The number of rotatable bonds is 4. The number of carbonyl (C=O) groups excluding carboxylic acids is 4. The highest BCUT2D eigenvalue weighted by atomic mass is 32.2. The number of hydrogen-bond donors (Lipinski definition) is 1. The molecule has 0 spiro atoms. The van der Waals surface area contributed by atoms with Crippen LogP contribution in [0.4, 0.5) is 17.6 Å². The summed E-state index contributed by atoms with van der Waals surface area (Å²) in [5.41, 5.74) is -9.49. The van der Waals surface area contributed by atoms with Gasteiger partial charge in [-0.25, -0.2) is 13.2 Å². The first-order valence-electron chi connectivity index (χ1n) is 13.5. The van der Waals surface area contributed by atoms with Crippen molar-refractivity contribution in [2.75, 3.05) is 6.61 Å². The predicted molar refractivity (Wildman–Crippen MR) is 134 cm³/mol. The number of aliphatic hydroxyl groups is 1. The first kappa shape index (κ1) is 29.3. The Morgan fingerprint density at radius 3 is 2.48 bits per heavy atom. The molecular weight excluding hydrogens is 556 g/mol. The van der Waals surface area contributed by atoms with Gasteiger partial charge in [0.05, 0.1) is 18.1 Å². The third-order valence-electron chi connectivity index (χ3n) is 10.4. The molecule has 3 saturated carbocycles. The second-order valence-corrected chi connectivity index (χ2v) is 13.3. The van der Waals surface area contributed by atoms with Crippen LogP contribution in [0.15, 0.2) is 23.3 Å². The molecule has 1 saturated heterocycles. The van der Waals surface area contributed by atoms with Crippen LogP contribution >= 0.6 is 11.8 Å². The van der Waals surface area contributed by atoms with E-state index in [1.807, 2.05) is 0 Å². The number of alkyl halides is 2. The Bertz CT molecular complexity index is 1250. The molecule has 4 fully saturated rings. The van der Waals surface area contributed by atoms with Crippen molar-refractivity contribution in [3.63, 3.8) is 0 Å². The molecule has 4 aliphatic carbocycles. The van der Waals surface area contributed by atoms with E-state index in [2.05, 4.69) is 0 Å². The smallest absolute Gasteiger partial charge is 0.319 e. The van der Waals surface area contributed by atoms with Gasteiger partial charge in [-0.05, 0) is 43.8 Å². The molecule has 0 radical (unpaired) electrons. The minimum atomic E-state index is -2.94. The third-order valence-corrected chi connectivity index (χ3v) is 11.6. The molecule has 0 aromatic rings. The molecule has 12 heteroatoms. The molecule has 1 heterocycles. The van der Waals surface area contributed by atoms with Crippen molar-refractivity contribution in [3.8, 4) is 0 Å². The van der Waals surface area contributed by atoms with Gasteiger partial charge in [-0.1, -0.05) is 32.5 Å². The molecule has 1 aliphatic heterocycles. The zero-order valence-corrected chi connectivity index (χ0v) is 23.4. The SMILES string of the molecule is CCC(=O)O[C@]1(C(=O)S[C@H]2CCOC2=O)[C@H](C)C[C@H]2[C@@H]3C[C@H](F)C4=CC(=O)C(F)=C(F)[C@]4(C)[C@@]3(F)[C@@H](O)C[C@@]21C. The summed E-state index contributed by atoms with van der Waals surface area (Å²) in [4.78, 5) is 51.0. The van der Waals surface area contributed by atoms with Gasteiger partial charge in [0.2, 0.25) is 16.7 Å². The Morgan fingerprint density at radius 1 is 1.20 bits per heavy atom. The lowest BCUT2D eigenvalue weighted by Gasteiger charge is -2.63. The number of ether oxygens (including phenoxy) is 2. The van der Waals surface area contributed by atoms with Gasteiger partial charge in [-0.15, -0.1) is 0 Å². The molecule has 0 aromatic heterocycles. The number of halogens is 4. The molecule has 220 valence electrons.